The predicted octanol–water partition coefficient (Wildman–Crippen LogP) is 3.39. The zero-order valence-electron chi connectivity index (χ0n) is 20.8. The number of aryl methyl sites for hydroxylation is 1. The summed E-state index contributed by atoms with van der Waals surface area (Å²) in [4.78, 5) is 17.5. The standard InChI is InChI=1S/C27H38N2O5/c1-5-21(3)29(27(31)24-11-7-9-13-26(24)32-4)18-23-17-28(14-15-33-23)16-22(30)19-34-25-12-8-6-10-20(25)2/h6-13,21-23,30H,5,14-19H2,1-4H3. The number of rotatable bonds is 11. The van der Waals surface area contributed by atoms with E-state index in [0.717, 1.165) is 24.3 Å². The van der Waals surface area contributed by atoms with E-state index >= 15 is 0 Å². The van der Waals surface area contributed by atoms with Gasteiger partial charge in [0, 0.05) is 32.2 Å². The van der Waals surface area contributed by atoms with Crippen molar-refractivity contribution in [2.24, 2.45) is 0 Å². The van der Waals surface area contributed by atoms with Gasteiger partial charge in [-0.3, -0.25) is 9.69 Å². The Morgan fingerprint density at radius 2 is 1.91 bits per heavy atom. The third kappa shape index (κ3) is 6.95. The third-order valence-electron chi connectivity index (χ3n) is 6.34. The molecule has 7 nitrogen and oxygen atoms in total. The van der Waals surface area contributed by atoms with Crippen LogP contribution in [0.15, 0.2) is 48.5 Å². The predicted molar refractivity (Wildman–Crippen MR) is 133 cm³/mol. The molecule has 186 valence electrons. The van der Waals surface area contributed by atoms with Gasteiger partial charge in [-0.25, -0.2) is 0 Å². The van der Waals surface area contributed by atoms with Crippen molar-refractivity contribution in [2.45, 2.75) is 45.4 Å². The third-order valence-corrected chi connectivity index (χ3v) is 6.34. The Labute approximate surface area is 203 Å². The van der Waals surface area contributed by atoms with Gasteiger partial charge in [0.1, 0.15) is 24.2 Å². The summed E-state index contributed by atoms with van der Waals surface area (Å²) in [5.41, 5.74) is 1.60. The molecule has 0 radical (unpaired) electrons. The van der Waals surface area contributed by atoms with Crippen LogP contribution < -0.4 is 9.47 Å². The number of carbonyl (C=O) groups excluding carboxylic acids is 1. The fourth-order valence-corrected chi connectivity index (χ4v) is 4.19. The van der Waals surface area contributed by atoms with Gasteiger partial charge in [0.2, 0.25) is 0 Å². The lowest BCUT2D eigenvalue weighted by Gasteiger charge is -2.38. The summed E-state index contributed by atoms with van der Waals surface area (Å²) in [6.07, 6.45) is 0.0943. The van der Waals surface area contributed by atoms with Crippen molar-refractivity contribution in [1.82, 2.24) is 9.80 Å². The van der Waals surface area contributed by atoms with Crippen LogP contribution in [-0.4, -0.2) is 85.6 Å². The molecule has 1 aliphatic rings. The number of methoxy groups -OCH3 is 1. The zero-order chi connectivity index (χ0) is 24.5. The van der Waals surface area contributed by atoms with Crippen LogP contribution in [0.2, 0.25) is 0 Å². The maximum Gasteiger partial charge on any atom is 0.257 e. The lowest BCUT2D eigenvalue weighted by atomic mass is 10.1. The summed E-state index contributed by atoms with van der Waals surface area (Å²) in [7, 11) is 1.58. The van der Waals surface area contributed by atoms with Crippen LogP contribution in [0.5, 0.6) is 11.5 Å². The molecule has 3 atom stereocenters. The van der Waals surface area contributed by atoms with E-state index in [4.69, 9.17) is 14.2 Å². The second-order valence-corrected chi connectivity index (χ2v) is 8.90. The smallest absolute Gasteiger partial charge is 0.257 e. The van der Waals surface area contributed by atoms with Gasteiger partial charge >= 0.3 is 0 Å². The number of benzene rings is 2. The number of nitrogens with zero attached hydrogens (tertiary/aromatic N) is 2. The molecule has 7 heteroatoms. The van der Waals surface area contributed by atoms with Crippen molar-refractivity contribution in [2.75, 3.05) is 46.5 Å². The second kappa shape index (κ2) is 12.7. The Morgan fingerprint density at radius 3 is 2.62 bits per heavy atom. The van der Waals surface area contributed by atoms with E-state index < -0.39 is 6.10 Å². The first-order valence-corrected chi connectivity index (χ1v) is 12.1. The fourth-order valence-electron chi connectivity index (χ4n) is 4.19. The van der Waals surface area contributed by atoms with Crippen LogP contribution in [0.4, 0.5) is 0 Å². The quantitative estimate of drug-likeness (QED) is 0.543. The number of morpholine rings is 1. The molecule has 1 fully saturated rings. The Morgan fingerprint density at radius 1 is 1.21 bits per heavy atom. The second-order valence-electron chi connectivity index (χ2n) is 8.90. The van der Waals surface area contributed by atoms with Gasteiger partial charge in [-0.15, -0.1) is 0 Å². The molecule has 0 saturated carbocycles. The van der Waals surface area contributed by atoms with Crippen LogP contribution in [0.1, 0.15) is 36.2 Å². The highest BCUT2D eigenvalue weighted by Gasteiger charge is 2.29. The summed E-state index contributed by atoms with van der Waals surface area (Å²) in [6.45, 7) is 9.28. The fraction of sp³-hybridized carbons (Fsp3) is 0.519. The highest BCUT2D eigenvalue weighted by Crippen LogP contribution is 2.22. The minimum atomic E-state index is -0.612. The van der Waals surface area contributed by atoms with Crippen LogP contribution >= 0.6 is 0 Å². The number of carbonyl (C=O) groups is 1. The monoisotopic (exact) mass is 470 g/mol. The Balaban J connectivity index is 1.58. The van der Waals surface area contributed by atoms with Gasteiger partial charge in [-0.1, -0.05) is 37.3 Å². The first-order valence-electron chi connectivity index (χ1n) is 12.1. The molecule has 2 aromatic rings. The van der Waals surface area contributed by atoms with Crippen LogP contribution in [0, 0.1) is 6.92 Å². The van der Waals surface area contributed by atoms with Gasteiger partial charge in [0.05, 0.1) is 25.4 Å². The van der Waals surface area contributed by atoms with Crippen LogP contribution in [0.3, 0.4) is 0 Å². The zero-order valence-corrected chi connectivity index (χ0v) is 20.8. The Bertz CT molecular complexity index is 921. The Kier molecular flexibility index (Phi) is 9.74. The average molecular weight is 471 g/mol. The van der Waals surface area contributed by atoms with Crippen molar-refractivity contribution < 1.29 is 24.1 Å². The van der Waals surface area contributed by atoms with E-state index in [0.29, 0.717) is 37.6 Å². The number of ether oxygens (including phenoxy) is 3. The molecule has 0 aliphatic carbocycles. The SMILES string of the molecule is CCC(C)N(CC1CN(CC(O)COc2ccccc2C)CCO1)C(=O)c1ccccc1OC. The molecule has 1 saturated heterocycles. The number of aliphatic hydroxyl groups excluding tert-OH is 1. The summed E-state index contributed by atoms with van der Waals surface area (Å²) < 4.78 is 17.2. The topological polar surface area (TPSA) is 71.5 Å². The molecular weight excluding hydrogens is 432 g/mol. The number of amides is 1. The minimum Gasteiger partial charge on any atom is -0.496 e. The highest BCUT2D eigenvalue weighted by molar-refractivity contribution is 5.97. The van der Waals surface area contributed by atoms with Crippen molar-refractivity contribution in [3.8, 4) is 11.5 Å². The molecule has 3 unspecified atom stereocenters. The molecule has 2 aromatic carbocycles. The van der Waals surface area contributed by atoms with Crippen LogP contribution in [0.25, 0.3) is 0 Å². The molecule has 0 spiro atoms. The first-order chi connectivity index (χ1) is 16.4. The van der Waals surface area contributed by atoms with Crippen molar-refractivity contribution in [3.05, 3.63) is 59.7 Å². The number of para-hydroxylation sites is 2. The lowest BCUT2D eigenvalue weighted by molar-refractivity contribution is -0.0564. The summed E-state index contributed by atoms with van der Waals surface area (Å²) >= 11 is 0. The Hall–Kier alpha value is -2.61. The van der Waals surface area contributed by atoms with E-state index in [1.165, 1.54) is 0 Å². The van der Waals surface area contributed by atoms with Gasteiger partial charge < -0.3 is 24.2 Å². The van der Waals surface area contributed by atoms with Crippen molar-refractivity contribution in [1.29, 1.82) is 0 Å². The van der Waals surface area contributed by atoms with Gasteiger partial charge in [0.25, 0.3) is 5.91 Å². The summed E-state index contributed by atoms with van der Waals surface area (Å²) in [5.74, 6) is 1.31. The minimum absolute atomic E-state index is 0.0563. The van der Waals surface area contributed by atoms with E-state index in [-0.39, 0.29) is 24.7 Å². The van der Waals surface area contributed by atoms with Crippen molar-refractivity contribution in [3.63, 3.8) is 0 Å². The van der Waals surface area contributed by atoms with Gasteiger partial charge in [-0.2, -0.15) is 0 Å². The molecule has 0 bridgehead atoms. The van der Waals surface area contributed by atoms with E-state index in [9.17, 15) is 9.90 Å². The molecule has 1 amide bonds. The molecule has 1 heterocycles. The summed E-state index contributed by atoms with van der Waals surface area (Å²) in [6, 6.07) is 15.2. The number of β-amino-alcohol motifs (C(OH)–C–C–N with tert-alkyl or cyclic N) is 1. The van der Waals surface area contributed by atoms with E-state index in [1.54, 1.807) is 19.2 Å². The van der Waals surface area contributed by atoms with Gasteiger partial charge in [0.15, 0.2) is 0 Å². The molecule has 34 heavy (non-hydrogen) atoms. The number of hydrogen-bond acceptors (Lipinski definition) is 6. The molecule has 3 rings (SSSR count). The lowest BCUT2D eigenvalue weighted by Crippen LogP contribution is -2.52. The molecule has 1 aliphatic heterocycles. The van der Waals surface area contributed by atoms with Gasteiger partial charge in [-0.05, 0) is 44.0 Å². The molecular formula is C27H38N2O5. The molecule has 0 aromatic heterocycles. The maximum atomic E-state index is 13.4. The maximum absolute atomic E-state index is 13.4. The largest absolute Gasteiger partial charge is 0.496 e. The van der Waals surface area contributed by atoms with E-state index in [1.807, 2.05) is 48.2 Å². The van der Waals surface area contributed by atoms with E-state index in [2.05, 4.69) is 18.7 Å². The number of hydrogen-bond donors (Lipinski definition) is 1. The molecule has 1 N–H and O–H groups in total. The van der Waals surface area contributed by atoms with Crippen LogP contribution in [-0.2, 0) is 4.74 Å². The highest BCUT2D eigenvalue weighted by atomic mass is 16.5. The van der Waals surface area contributed by atoms with Crippen molar-refractivity contribution >= 4 is 5.91 Å². The average Bonchev–Trinajstić information content (AvgIpc) is 2.86. The summed E-state index contributed by atoms with van der Waals surface area (Å²) in [5, 5.41) is 10.6. The normalized spacial score (nSPS) is 18.2. The number of aliphatic hydroxyl groups is 1. The first kappa shape index (κ1) is 26.0.